The van der Waals surface area contributed by atoms with E-state index in [1.807, 2.05) is 0 Å². The highest BCUT2D eigenvalue weighted by atomic mass is 31.2. The van der Waals surface area contributed by atoms with Gasteiger partial charge in [-0.3, -0.25) is 0 Å². The molecule has 0 aromatic carbocycles. The summed E-state index contributed by atoms with van der Waals surface area (Å²) in [5.74, 6) is 0. The van der Waals surface area contributed by atoms with Crippen LogP contribution in [0.15, 0.2) is 0 Å². The molecule has 0 spiro atoms. The van der Waals surface area contributed by atoms with Gasteiger partial charge in [-0.25, -0.2) is 4.57 Å². The van der Waals surface area contributed by atoms with Crippen molar-refractivity contribution in [3.05, 3.63) is 0 Å². The second kappa shape index (κ2) is 8.40. The minimum atomic E-state index is -4.64. The molecule has 0 heterocycles. The Balaban J connectivity index is -0.0000000133. The van der Waals surface area contributed by atoms with Gasteiger partial charge >= 0.3 is 9.25 Å². The summed E-state index contributed by atoms with van der Waals surface area (Å²) in [6.07, 6.45) is 0. The number of hydrogen-bond acceptors (Lipinski definition) is 1. The van der Waals surface area contributed by atoms with Gasteiger partial charge in [0.15, 0.2) is 0 Å². The molecule has 3 N–H and O–H groups in total. The lowest BCUT2D eigenvalue weighted by Crippen LogP contribution is -1.66. The Hall–Kier alpha value is 1.40. The zero-order chi connectivity index (χ0) is 4.50. The molecule has 0 radical (unpaired) electrons. The van der Waals surface area contributed by atoms with E-state index in [2.05, 4.69) is 0 Å². The first-order valence-corrected chi connectivity index (χ1v) is 2.35. The zero-order valence-electron chi connectivity index (χ0n) is 5.32. The van der Waals surface area contributed by atoms with Crippen LogP contribution in [0, 0.1) is 0 Å². The van der Waals surface area contributed by atoms with Gasteiger partial charge in [0, 0.05) is 0 Å². The van der Waals surface area contributed by atoms with E-state index in [1.165, 1.54) is 0 Å². The van der Waals surface area contributed by atoms with Gasteiger partial charge in [-0.1, -0.05) is 0 Å². The number of rotatable bonds is 0. The van der Waals surface area contributed by atoms with Gasteiger partial charge in [0.1, 0.15) is 0 Å². The van der Waals surface area contributed by atoms with Crippen molar-refractivity contribution in [2.75, 3.05) is 0 Å². The Kier molecular flexibility index (Phi) is 23.9. The Bertz CT molecular complexity index is 58.7. The second-order valence-electron chi connectivity index (χ2n) is 0.513. The first kappa shape index (κ1) is 22.7. The van der Waals surface area contributed by atoms with E-state index in [-0.39, 0.29) is 31.1 Å². The molecule has 3 atom stereocenters. The molecule has 0 aliphatic rings. The lowest BCUT2D eigenvalue weighted by atomic mass is 15.8. The molecular formula is H13O4P4+. The molecule has 0 aliphatic carbocycles. The monoisotopic (exact) mass is 201 g/mol. The van der Waals surface area contributed by atoms with Crippen LogP contribution in [-0.2, 0) is 4.57 Å². The summed E-state index contributed by atoms with van der Waals surface area (Å²) in [5.41, 5.74) is 0. The van der Waals surface area contributed by atoms with Crippen LogP contribution in [0.2, 0.25) is 0 Å². The highest BCUT2D eigenvalue weighted by Crippen LogP contribution is 2.25. The Morgan fingerprint density at radius 2 is 1.00 bits per heavy atom. The van der Waals surface area contributed by atoms with E-state index in [1.54, 1.807) is 0 Å². The fraction of sp³-hybridized carbons (Fsp3) is 0. The third kappa shape index (κ3) is 155. The summed E-state index contributed by atoms with van der Waals surface area (Å²) in [5, 5.41) is 0. The molecule has 0 aromatic heterocycles. The van der Waals surface area contributed by atoms with Crippen molar-refractivity contribution in [2.45, 2.75) is 0 Å². The van der Waals surface area contributed by atoms with Crippen LogP contribution in [0.5, 0.6) is 0 Å². The van der Waals surface area contributed by atoms with Gasteiger partial charge in [-0.2, -0.15) is 29.7 Å². The molecule has 0 rings (SSSR count). The highest BCUT2D eigenvalue weighted by Gasteiger charge is 2.00. The highest BCUT2D eigenvalue weighted by molar-refractivity contribution is 7.45. The first-order valence-electron chi connectivity index (χ1n) is 0.783. The SMILES string of the molecule is O=P(O)(O)O.P.P.P.[H+]. The molecule has 56 valence electrons. The van der Waals surface area contributed by atoms with Crippen LogP contribution in [-0.4, -0.2) is 14.7 Å². The third-order valence-electron chi connectivity index (χ3n) is 0. The molecule has 0 saturated carbocycles. The lowest BCUT2D eigenvalue weighted by molar-refractivity contribution is 0.275. The number of hydrogen-bond donors (Lipinski definition) is 3. The first-order chi connectivity index (χ1) is 2.00. The summed E-state index contributed by atoms with van der Waals surface area (Å²) < 4.78 is 8.88. The Morgan fingerprint density at radius 3 is 1.00 bits per heavy atom. The molecule has 0 aliphatic heterocycles. The fourth-order valence-electron chi connectivity index (χ4n) is 0. The minimum absolute atomic E-state index is 0. The molecule has 0 aromatic rings. The van der Waals surface area contributed by atoms with E-state index in [0.29, 0.717) is 0 Å². The van der Waals surface area contributed by atoms with Gasteiger partial charge in [-0.05, 0) is 0 Å². The maximum atomic E-state index is 8.88. The van der Waals surface area contributed by atoms with E-state index < -0.39 is 7.82 Å². The summed E-state index contributed by atoms with van der Waals surface area (Å²) >= 11 is 0. The summed E-state index contributed by atoms with van der Waals surface area (Å²) in [4.78, 5) is 21.6. The number of phosphoric acid groups is 1. The van der Waals surface area contributed by atoms with Crippen molar-refractivity contribution in [2.24, 2.45) is 0 Å². The maximum absolute atomic E-state index is 8.88. The molecule has 0 bridgehead atoms. The van der Waals surface area contributed by atoms with Gasteiger partial charge in [0.25, 0.3) is 0 Å². The molecule has 8 heavy (non-hydrogen) atoms. The molecule has 0 saturated heterocycles. The van der Waals surface area contributed by atoms with E-state index >= 15 is 0 Å². The van der Waals surface area contributed by atoms with E-state index in [0.717, 1.165) is 0 Å². The molecular weight excluding hydrogens is 188 g/mol. The minimum Gasteiger partial charge on any atom is -0.303 e. The zero-order valence-corrected chi connectivity index (χ0v) is 9.46. The largest absolute Gasteiger partial charge is 1.00 e. The standard InChI is InChI=1S/H3O4P.3H3P/c1-5(2,3)4;;;/h(H3,1,2,3,4);3*1H3/p+1. The van der Waals surface area contributed by atoms with Crippen LogP contribution >= 0.6 is 37.5 Å². The van der Waals surface area contributed by atoms with Crippen LogP contribution in [0.25, 0.3) is 0 Å². The van der Waals surface area contributed by atoms with Crippen molar-refractivity contribution in [1.29, 1.82) is 0 Å². The summed E-state index contributed by atoms with van der Waals surface area (Å²) in [6, 6.07) is 0. The van der Waals surface area contributed by atoms with Crippen molar-refractivity contribution in [3.8, 4) is 0 Å². The average Bonchev–Trinajstić information content (AvgIpc) is 0.722. The molecule has 0 fully saturated rings. The van der Waals surface area contributed by atoms with Crippen LogP contribution in [0.1, 0.15) is 1.43 Å². The predicted molar refractivity (Wildman–Crippen MR) is 48.7 cm³/mol. The van der Waals surface area contributed by atoms with E-state index in [9.17, 15) is 0 Å². The fourth-order valence-corrected chi connectivity index (χ4v) is 0. The summed E-state index contributed by atoms with van der Waals surface area (Å²) in [7, 11) is -4.64. The normalized spacial score (nSPS) is 7.38. The van der Waals surface area contributed by atoms with E-state index in [4.69, 9.17) is 19.2 Å². The molecule has 4 nitrogen and oxygen atoms in total. The average molecular weight is 201 g/mol. The van der Waals surface area contributed by atoms with Gasteiger partial charge in [-0.15, -0.1) is 0 Å². The van der Waals surface area contributed by atoms with Gasteiger partial charge in [0.2, 0.25) is 0 Å². The van der Waals surface area contributed by atoms with Crippen LogP contribution < -0.4 is 0 Å². The molecule has 3 unspecified atom stereocenters. The second-order valence-corrected chi connectivity index (χ2v) is 1.54. The predicted octanol–water partition coefficient (Wildman–Crippen LogP) is -0.642. The van der Waals surface area contributed by atoms with Crippen molar-refractivity contribution >= 4 is 37.5 Å². The topological polar surface area (TPSA) is 77.8 Å². The van der Waals surface area contributed by atoms with Crippen molar-refractivity contribution < 1.29 is 20.7 Å². The smallest absolute Gasteiger partial charge is 0.303 e. The Morgan fingerprint density at radius 1 is 1.00 bits per heavy atom. The molecule has 8 heteroatoms. The van der Waals surface area contributed by atoms with Gasteiger partial charge in [0.05, 0.1) is 0 Å². The van der Waals surface area contributed by atoms with Crippen molar-refractivity contribution in [3.63, 3.8) is 0 Å². The third-order valence-corrected chi connectivity index (χ3v) is 0. The lowest BCUT2D eigenvalue weighted by Gasteiger charge is -1.82. The Labute approximate surface area is 59.0 Å². The summed E-state index contributed by atoms with van der Waals surface area (Å²) in [6.45, 7) is 0. The quantitative estimate of drug-likeness (QED) is 0.455. The van der Waals surface area contributed by atoms with Gasteiger partial charge < -0.3 is 14.7 Å². The van der Waals surface area contributed by atoms with Crippen LogP contribution in [0.4, 0.5) is 0 Å². The van der Waals surface area contributed by atoms with Crippen LogP contribution in [0.3, 0.4) is 0 Å². The maximum Gasteiger partial charge on any atom is 1.00 e. The van der Waals surface area contributed by atoms with Crippen molar-refractivity contribution in [1.82, 2.24) is 0 Å². The molecule has 0 amide bonds.